The number of carbonyl (C=O) groups excluding carboxylic acids is 2. The molecular formula is C19H21N3O3. The summed E-state index contributed by atoms with van der Waals surface area (Å²) in [6.07, 6.45) is 2.03. The van der Waals surface area contributed by atoms with Crippen LogP contribution in [-0.2, 0) is 4.79 Å². The summed E-state index contributed by atoms with van der Waals surface area (Å²) in [6.45, 7) is 7.61. The van der Waals surface area contributed by atoms with Gasteiger partial charge in [0, 0.05) is 12.3 Å². The van der Waals surface area contributed by atoms with Gasteiger partial charge in [0.05, 0.1) is 0 Å². The molecule has 2 aromatic rings. The number of hydrogen-bond acceptors (Lipinski definition) is 4. The van der Waals surface area contributed by atoms with Crippen LogP contribution < -0.4 is 15.0 Å². The Bertz CT molecular complexity index is 850. The largest absolute Gasteiger partial charge is 0.457 e. The van der Waals surface area contributed by atoms with E-state index in [1.165, 1.54) is 11.8 Å². The van der Waals surface area contributed by atoms with Gasteiger partial charge >= 0.3 is 6.03 Å². The molecule has 3 rings (SSSR count). The van der Waals surface area contributed by atoms with Crippen LogP contribution in [0.3, 0.4) is 0 Å². The molecule has 1 N–H and O–H groups in total. The predicted octanol–water partition coefficient (Wildman–Crippen LogP) is 3.72. The van der Waals surface area contributed by atoms with Crippen molar-refractivity contribution in [1.82, 2.24) is 10.3 Å². The fraction of sp³-hybridized carbons (Fsp3) is 0.316. The molecule has 0 bridgehead atoms. The molecule has 6 heteroatoms. The second kappa shape index (κ2) is 6.20. The molecule has 1 aromatic heterocycles. The van der Waals surface area contributed by atoms with Crippen LogP contribution in [0.1, 0.15) is 31.4 Å². The van der Waals surface area contributed by atoms with Gasteiger partial charge in [0.1, 0.15) is 22.9 Å². The molecule has 0 unspecified atom stereocenters. The molecule has 1 saturated heterocycles. The number of aryl methyl sites for hydroxylation is 2. The molecular weight excluding hydrogens is 318 g/mol. The van der Waals surface area contributed by atoms with Crippen molar-refractivity contribution in [2.75, 3.05) is 4.90 Å². The Kier molecular flexibility index (Phi) is 4.20. The number of nitrogens with zero attached hydrogens (tertiary/aromatic N) is 2. The topological polar surface area (TPSA) is 71.5 Å². The summed E-state index contributed by atoms with van der Waals surface area (Å²) in [5, 5.41) is 2.72. The van der Waals surface area contributed by atoms with Gasteiger partial charge in [0.2, 0.25) is 0 Å². The first-order chi connectivity index (χ1) is 11.8. The molecule has 6 nitrogen and oxygen atoms in total. The second-order valence-corrected chi connectivity index (χ2v) is 6.45. The maximum absolute atomic E-state index is 12.6. The van der Waals surface area contributed by atoms with Gasteiger partial charge in [-0.05, 0) is 56.5 Å². The smallest absolute Gasteiger partial charge is 0.330 e. The van der Waals surface area contributed by atoms with Crippen LogP contribution in [-0.4, -0.2) is 22.5 Å². The first-order valence-corrected chi connectivity index (χ1v) is 8.22. The van der Waals surface area contributed by atoms with E-state index in [-0.39, 0.29) is 11.7 Å². The highest BCUT2D eigenvalue weighted by Gasteiger charge is 2.47. The number of nitrogens with one attached hydrogen (secondary N) is 1. The summed E-state index contributed by atoms with van der Waals surface area (Å²) < 4.78 is 5.85. The Hall–Kier alpha value is -2.89. The summed E-state index contributed by atoms with van der Waals surface area (Å²) in [5.41, 5.74) is 1.41. The molecule has 0 spiro atoms. The first kappa shape index (κ1) is 17.0. The number of imide groups is 1. The lowest BCUT2D eigenvalue weighted by Gasteiger charge is -2.19. The monoisotopic (exact) mass is 339 g/mol. The number of urea groups is 1. The minimum Gasteiger partial charge on any atom is -0.457 e. The van der Waals surface area contributed by atoms with Gasteiger partial charge in [-0.15, -0.1) is 0 Å². The van der Waals surface area contributed by atoms with Gasteiger partial charge in [-0.3, -0.25) is 4.79 Å². The predicted molar refractivity (Wildman–Crippen MR) is 94.9 cm³/mol. The van der Waals surface area contributed by atoms with Crippen LogP contribution in [0.15, 0.2) is 36.5 Å². The molecule has 2 heterocycles. The lowest BCUT2D eigenvalue weighted by Crippen LogP contribution is -2.43. The molecule has 1 aromatic carbocycles. The van der Waals surface area contributed by atoms with Crippen LogP contribution in [0, 0.1) is 13.8 Å². The van der Waals surface area contributed by atoms with E-state index in [9.17, 15) is 9.59 Å². The number of benzene rings is 1. The third kappa shape index (κ3) is 3.07. The zero-order chi connectivity index (χ0) is 18.2. The summed E-state index contributed by atoms with van der Waals surface area (Å²) in [6, 6.07) is 8.62. The van der Waals surface area contributed by atoms with Crippen LogP contribution in [0.4, 0.5) is 10.6 Å². The lowest BCUT2D eigenvalue weighted by atomic mass is 9.99. The summed E-state index contributed by atoms with van der Waals surface area (Å²) in [4.78, 5) is 30.0. The highest BCUT2D eigenvalue weighted by Crippen LogP contribution is 2.29. The Morgan fingerprint density at radius 1 is 1.12 bits per heavy atom. The molecule has 0 saturated carbocycles. The third-order valence-corrected chi connectivity index (χ3v) is 4.63. The third-order valence-electron chi connectivity index (χ3n) is 4.63. The van der Waals surface area contributed by atoms with E-state index in [2.05, 4.69) is 10.3 Å². The van der Waals surface area contributed by atoms with E-state index >= 15 is 0 Å². The molecule has 0 radical (unpaired) electrons. The number of carbonyl (C=O) groups is 2. The van der Waals surface area contributed by atoms with Gasteiger partial charge in [-0.1, -0.05) is 13.0 Å². The maximum Gasteiger partial charge on any atom is 0.330 e. The molecule has 3 amide bonds. The number of pyridine rings is 1. The normalized spacial score (nSPS) is 19.9. The van der Waals surface area contributed by atoms with Crippen molar-refractivity contribution in [2.45, 2.75) is 39.7 Å². The second-order valence-electron chi connectivity index (χ2n) is 6.45. The van der Waals surface area contributed by atoms with Crippen molar-refractivity contribution < 1.29 is 14.3 Å². The van der Waals surface area contributed by atoms with Crippen molar-refractivity contribution in [3.05, 3.63) is 47.7 Å². The number of amides is 3. The van der Waals surface area contributed by atoms with Gasteiger partial charge in [-0.25, -0.2) is 14.7 Å². The fourth-order valence-electron chi connectivity index (χ4n) is 2.63. The molecule has 1 aliphatic rings. The van der Waals surface area contributed by atoms with Crippen molar-refractivity contribution >= 4 is 17.8 Å². The Morgan fingerprint density at radius 2 is 1.84 bits per heavy atom. The van der Waals surface area contributed by atoms with E-state index < -0.39 is 11.6 Å². The van der Waals surface area contributed by atoms with Crippen molar-refractivity contribution in [3.8, 4) is 11.5 Å². The van der Waals surface area contributed by atoms with E-state index in [4.69, 9.17) is 4.74 Å². The average Bonchev–Trinajstić information content (AvgIpc) is 2.81. The summed E-state index contributed by atoms with van der Waals surface area (Å²) in [7, 11) is 0. The summed E-state index contributed by atoms with van der Waals surface area (Å²) in [5.74, 6) is 1.15. The van der Waals surface area contributed by atoms with E-state index in [1.54, 1.807) is 19.1 Å². The van der Waals surface area contributed by atoms with Gasteiger partial charge < -0.3 is 10.1 Å². The average molecular weight is 339 g/mol. The Balaban J connectivity index is 1.88. The SMILES string of the molecule is CC[C@@]1(C)NC(=O)N(c2cc(Oc3ccc(C)c(C)c3)ccn2)C1=O. The molecule has 1 atom stereocenters. The molecule has 1 aliphatic heterocycles. The number of hydrogen-bond donors (Lipinski definition) is 1. The number of aromatic nitrogens is 1. The van der Waals surface area contributed by atoms with Crippen LogP contribution >= 0.6 is 0 Å². The van der Waals surface area contributed by atoms with Crippen LogP contribution in [0.5, 0.6) is 11.5 Å². The lowest BCUT2D eigenvalue weighted by molar-refractivity contribution is -0.121. The maximum atomic E-state index is 12.6. The zero-order valence-electron chi connectivity index (χ0n) is 14.8. The molecule has 130 valence electrons. The van der Waals surface area contributed by atoms with Crippen LogP contribution in [0.2, 0.25) is 0 Å². The zero-order valence-corrected chi connectivity index (χ0v) is 14.8. The van der Waals surface area contributed by atoms with Crippen molar-refractivity contribution in [3.63, 3.8) is 0 Å². The van der Waals surface area contributed by atoms with E-state index in [0.29, 0.717) is 17.9 Å². The molecule has 0 aliphatic carbocycles. The van der Waals surface area contributed by atoms with Gasteiger partial charge in [0.25, 0.3) is 5.91 Å². The van der Waals surface area contributed by atoms with Crippen molar-refractivity contribution in [1.29, 1.82) is 0 Å². The minimum absolute atomic E-state index is 0.251. The van der Waals surface area contributed by atoms with E-state index in [1.807, 2.05) is 39.0 Å². The van der Waals surface area contributed by atoms with Gasteiger partial charge in [-0.2, -0.15) is 0 Å². The first-order valence-electron chi connectivity index (χ1n) is 8.22. The minimum atomic E-state index is -0.899. The summed E-state index contributed by atoms with van der Waals surface area (Å²) >= 11 is 0. The highest BCUT2D eigenvalue weighted by molar-refractivity contribution is 6.22. The Morgan fingerprint density at radius 3 is 2.48 bits per heavy atom. The fourth-order valence-corrected chi connectivity index (χ4v) is 2.63. The van der Waals surface area contributed by atoms with Crippen molar-refractivity contribution in [2.24, 2.45) is 0 Å². The Labute approximate surface area is 146 Å². The van der Waals surface area contributed by atoms with Crippen LogP contribution in [0.25, 0.3) is 0 Å². The van der Waals surface area contributed by atoms with E-state index in [0.717, 1.165) is 10.5 Å². The number of rotatable bonds is 4. The standard InChI is InChI=1S/C19H21N3O3/c1-5-19(4)17(23)22(18(24)21-19)16-11-15(8-9-20-16)25-14-7-6-12(2)13(3)10-14/h6-11H,5H2,1-4H3,(H,21,24)/t19-/m1/s1. The number of ether oxygens (including phenoxy) is 1. The molecule has 1 fully saturated rings. The number of anilines is 1. The quantitative estimate of drug-likeness (QED) is 0.862. The van der Waals surface area contributed by atoms with Gasteiger partial charge in [0.15, 0.2) is 0 Å². The molecule has 25 heavy (non-hydrogen) atoms. The highest BCUT2D eigenvalue weighted by atomic mass is 16.5.